The van der Waals surface area contributed by atoms with Crippen molar-refractivity contribution in [2.75, 3.05) is 19.7 Å². The van der Waals surface area contributed by atoms with Crippen LogP contribution in [0.4, 0.5) is 0 Å². The van der Waals surface area contributed by atoms with E-state index >= 15 is 0 Å². The number of ether oxygens (including phenoxy) is 1. The van der Waals surface area contributed by atoms with Crippen molar-refractivity contribution in [3.63, 3.8) is 0 Å². The standard InChI is InChI=1S/C11H18N2O4/c1-3-17-10(15)5-4-9(14)13-7-6-12-11(16)8(13)2/h8H,3-7H2,1-2H3,(H,12,16). The van der Waals surface area contributed by atoms with Gasteiger partial charge in [0.05, 0.1) is 13.0 Å². The van der Waals surface area contributed by atoms with Gasteiger partial charge in [0.1, 0.15) is 6.04 Å². The number of piperazine rings is 1. The van der Waals surface area contributed by atoms with Gasteiger partial charge in [-0.1, -0.05) is 0 Å². The van der Waals surface area contributed by atoms with Crippen LogP contribution < -0.4 is 5.32 Å². The van der Waals surface area contributed by atoms with E-state index < -0.39 is 6.04 Å². The molecule has 6 nitrogen and oxygen atoms in total. The van der Waals surface area contributed by atoms with Crippen molar-refractivity contribution in [1.29, 1.82) is 0 Å². The molecule has 2 amide bonds. The van der Waals surface area contributed by atoms with E-state index in [1.165, 1.54) is 4.90 Å². The number of rotatable bonds is 4. The van der Waals surface area contributed by atoms with Crippen molar-refractivity contribution in [3.05, 3.63) is 0 Å². The number of nitrogens with zero attached hydrogens (tertiary/aromatic N) is 1. The highest BCUT2D eigenvalue weighted by atomic mass is 16.5. The topological polar surface area (TPSA) is 75.7 Å². The van der Waals surface area contributed by atoms with Crippen molar-refractivity contribution in [2.24, 2.45) is 0 Å². The summed E-state index contributed by atoms with van der Waals surface area (Å²) < 4.78 is 4.74. The summed E-state index contributed by atoms with van der Waals surface area (Å²) in [5.41, 5.74) is 0. The summed E-state index contributed by atoms with van der Waals surface area (Å²) in [5.74, 6) is -0.712. The number of amides is 2. The lowest BCUT2D eigenvalue weighted by molar-refractivity contribution is -0.147. The average Bonchev–Trinajstić information content (AvgIpc) is 2.30. The first-order chi connectivity index (χ1) is 8.06. The van der Waals surface area contributed by atoms with Crippen LogP contribution in [0.25, 0.3) is 0 Å². The van der Waals surface area contributed by atoms with Gasteiger partial charge in [-0.05, 0) is 13.8 Å². The Labute approximate surface area is 100 Å². The number of carbonyl (C=O) groups is 3. The molecule has 1 rings (SSSR count). The fraction of sp³-hybridized carbons (Fsp3) is 0.727. The summed E-state index contributed by atoms with van der Waals surface area (Å²) in [6.07, 6.45) is 0.161. The molecule has 0 aromatic carbocycles. The lowest BCUT2D eigenvalue weighted by Gasteiger charge is -2.32. The number of nitrogens with one attached hydrogen (secondary N) is 1. The molecule has 6 heteroatoms. The van der Waals surface area contributed by atoms with E-state index in [-0.39, 0.29) is 30.6 Å². The maximum atomic E-state index is 11.8. The second-order valence-corrected chi connectivity index (χ2v) is 3.86. The maximum absolute atomic E-state index is 11.8. The van der Waals surface area contributed by atoms with E-state index in [0.29, 0.717) is 19.7 Å². The van der Waals surface area contributed by atoms with Crippen LogP contribution in [-0.4, -0.2) is 48.4 Å². The fourth-order valence-corrected chi connectivity index (χ4v) is 1.71. The molecule has 0 spiro atoms. The lowest BCUT2D eigenvalue weighted by Crippen LogP contribution is -2.55. The normalized spacial score (nSPS) is 19.8. The van der Waals surface area contributed by atoms with Gasteiger partial charge in [-0.25, -0.2) is 0 Å². The zero-order valence-corrected chi connectivity index (χ0v) is 10.2. The Balaban J connectivity index is 2.41. The first-order valence-electron chi connectivity index (χ1n) is 5.79. The molecule has 1 aliphatic rings. The van der Waals surface area contributed by atoms with Crippen LogP contribution in [0, 0.1) is 0 Å². The van der Waals surface area contributed by atoms with Gasteiger partial charge < -0.3 is 15.0 Å². The predicted molar refractivity (Wildman–Crippen MR) is 60.1 cm³/mol. The third kappa shape index (κ3) is 3.72. The Bertz CT molecular complexity index is 317. The summed E-state index contributed by atoms with van der Waals surface area (Å²) in [6, 6.07) is -0.460. The first kappa shape index (κ1) is 13.5. The van der Waals surface area contributed by atoms with Crippen molar-refractivity contribution >= 4 is 17.8 Å². The van der Waals surface area contributed by atoms with Gasteiger partial charge in [-0.15, -0.1) is 0 Å². The van der Waals surface area contributed by atoms with E-state index in [4.69, 9.17) is 4.74 Å². The van der Waals surface area contributed by atoms with Crippen LogP contribution in [-0.2, 0) is 19.1 Å². The molecule has 1 atom stereocenters. The minimum Gasteiger partial charge on any atom is -0.466 e. The van der Waals surface area contributed by atoms with Gasteiger partial charge >= 0.3 is 5.97 Å². The monoisotopic (exact) mass is 242 g/mol. The molecule has 1 heterocycles. The Hall–Kier alpha value is -1.59. The molecule has 17 heavy (non-hydrogen) atoms. The van der Waals surface area contributed by atoms with Crippen molar-refractivity contribution in [1.82, 2.24) is 10.2 Å². The molecule has 0 saturated carbocycles. The molecular weight excluding hydrogens is 224 g/mol. The molecular formula is C11H18N2O4. The van der Waals surface area contributed by atoms with Gasteiger partial charge in [-0.2, -0.15) is 0 Å². The highest BCUT2D eigenvalue weighted by Crippen LogP contribution is 2.07. The van der Waals surface area contributed by atoms with Crippen LogP contribution in [0.2, 0.25) is 0 Å². The predicted octanol–water partition coefficient (Wildman–Crippen LogP) is -0.323. The third-order valence-corrected chi connectivity index (χ3v) is 2.67. The summed E-state index contributed by atoms with van der Waals surface area (Å²) in [7, 11) is 0. The highest BCUT2D eigenvalue weighted by Gasteiger charge is 2.29. The van der Waals surface area contributed by atoms with Crippen molar-refractivity contribution < 1.29 is 19.1 Å². The van der Waals surface area contributed by atoms with Crippen LogP contribution in [0.5, 0.6) is 0 Å². The van der Waals surface area contributed by atoms with E-state index in [1.807, 2.05) is 0 Å². The minimum atomic E-state index is -0.460. The van der Waals surface area contributed by atoms with E-state index in [0.717, 1.165) is 0 Å². The Morgan fingerprint density at radius 2 is 2.18 bits per heavy atom. The second-order valence-electron chi connectivity index (χ2n) is 3.86. The SMILES string of the molecule is CCOC(=O)CCC(=O)N1CCNC(=O)C1C. The summed E-state index contributed by atoms with van der Waals surface area (Å²) in [6.45, 7) is 4.67. The second kappa shape index (κ2) is 6.22. The smallest absolute Gasteiger partial charge is 0.306 e. The molecule has 1 fully saturated rings. The molecule has 1 saturated heterocycles. The van der Waals surface area contributed by atoms with Crippen LogP contribution >= 0.6 is 0 Å². The summed E-state index contributed by atoms with van der Waals surface area (Å²) in [5, 5.41) is 2.68. The first-order valence-corrected chi connectivity index (χ1v) is 5.79. The van der Waals surface area contributed by atoms with Crippen LogP contribution in [0.1, 0.15) is 26.7 Å². The Morgan fingerprint density at radius 1 is 1.47 bits per heavy atom. The molecule has 96 valence electrons. The van der Waals surface area contributed by atoms with Gasteiger partial charge in [0.2, 0.25) is 11.8 Å². The van der Waals surface area contributed by atoms with Gasteiger partial charge in [0, 0.05) is 19.5 Å². The fourth-order valence-electron chi connectivity index (χ4n) is 1.71. The third-order valence-electron chi connectivity index (χ3n) is 2.67. The molecule has 0 aromatic heterocycles. The van der Waals surface area contributed by atoms with E-state index in [2.05, 4.69) is 5.32 Å². The highest BCUT2D eigenvalue weighted by molar-refractivity contribution is 5.89. The van der Waals surface area contributed by atoms with Gasteiger partial charge in [-0.3, -0.25) is 14.4 Å². The maximum Gasteiger partial charge on any atom is 0.306 e. The minimum absolute atomic E-state index is 0.0670. The number of hydrogen-bond acceptors (Lipinski definition) is 4. The molecule has 0 radical (unpaired) electrons. The van der Waals surface area contributed by atoms with E-state index in [1.54, 1.807) is 13.8 Å². The lowest BCUT2D eigenvalue weighted by atomic mass is 10.1. The summed E-state index contributed by atoms with van der Waals surface area (Å²) >= 11 is 0. The number of hydrogen-bond donors (Lipinski definition) is 1. The van der Waals surface area contributed by atoms with Crippen LogP contribution in [0.3, 0.4) is 0 Å². The Kier molecular flexibility index (Phi) is 4.93. The molecule has 0 bridgehead atoms. The molecule has 1 aliphatic heterocycles. The quantitative estimate of drug-likeness (QED) is 0.685. The molecule has 0 aromatic rings. The van der Waals surface area contributed by atoms with Crippen molar-refractivity contribution in [3.8, 4) is 0 Å². The zero-order valence-electron chi connectivity index (χ0n) is 10.2. The molecule has 1 N–H and O–H groups in total. The number of carbonyl (C=O) groups excluding carboxylic acids is 3. The largest absolute Gasteiger partial charge is 0.466 e. The van der Waals surface area contributed by atoms with Gasteiger partial charge in [0.25, 0.3) is 0 Å². The van der Waals surface area contributed by atoms with Crippen molar-refractivity contribution in [2.45, 2.75) is 32.7 Å². The van der Waals surface area contributed by atoms with E-state index in [9.17, 15) is 14.4 Å². The van der Waals surface area contributed by atoms with Gasteiger partial charge in [0.15, 0.2) is 0 Å². The molecule has 0 aliphatic carbocycles. The Morgan fingerprint density at radius 3 is 2.82 bits per heavy atom. The molecule has 1 unspecified atom stereocenters. The summed E-state index contributed by atoms with van der Waals surface area (Å²) in [4.78, 5) is 35.8. The van der Waals surface area contributed by atoms with Crippen LogP contribution in [0.15, 0.2) is 0 Å². The zero-order chi connectivity index (χ0) is 12.8. The average molecular weight is 242 g/mol. The number of esters is 1.